The van der Waals surface area contributed by atoms with Crippen LogP contribution in [-0.2, 0) is 6.54 Å². The first-order chi connectivity index (χ1) is 10.6. The van der Waals surface area contributed by atoms with Gasteiger partial charge in [-0.2, -0.15) is 0 Å². The zero-order valence-electron chi connectivity index (χ0n) is 13.3. The number of hydrogen-bond donors (Lipinski definition) is 1. The van der Waals surface area contributed by atoms with E-state index in [0.29, 0.717) is 12.1 Å². The Morgan fingerprint density at radius 2 is 2.00 bits per heavy atom. The van der Waals surface area contributed by atoms with E-state index in [2.05, 4.69) is 17.9 Å². The molecule has 1 saturated heterocycles. The van der Waals surface area contributed by atoms with Crippen molar-refractivity contribution < 1.29 is 9.52 Å². The molecule has 1 aliphatic heterocycles. The monoisotopic (exact) mass is 301 g/mol. The van der Waals surface area contributed by atoms with E-state index in [1.807, 2.05) is 13.0 Å². The first-order valence-corrected chi connectivity index (χ1v) is 7.97. The molecule has 1 unspecified atom stereocenters. The molecule has 1 aliphatic rings. The molecule has 0 spiro atoms. The molecule has 118 valence electrons. The highest BCUT2D eigenvalue weighted by Gasteiger charge is 2.22. The van der Waals surface area contributed by atoms with Crippen LogP contribution in [0.1, 0.15) is 36.0 Å². The lowest BCUT2D eigenvalue weighted by molar-refractivity contribution is 0.0843. The summed E-state index contributed by atoms with van der Waals surface area (Å²) in [4.78, 5) is 14.1. The summed E-state index contributed by atoms with van der Waals surface area (Å²) in [6.45, 7) is 5.93. The maximum Gasteiger partial charge on any atom is 0.336 e. The van der Waals surface area contributed by atoms with Crippen molar-refractivity contribution in [2.24, 2.45) is 0 Å². The fraction of sp³-hybridized carbons (Fsp3) is 0.500. The third-order valence-corrected chi connectivity index (χ3v) is 4.78. The van der Waals surface area contributed by atoms with Gasteiger partial charge < -0.3 is 9.52 Å². The molecular weight excluding hydrogens is 278 g/mol. The van der Waals surface area contributed by atoms with E-state index in [4.69, 9.17) is 4.42 Å². The largest absolute Gasteiger partial charge is 0.423 e. The molecule has 0 saturated carbocycles. The lowest BCUT2D eigenvalue weighted by Gasteiger charge is -2.34. The molecule has 2 heterocycles. The highest BCUT2D eigenvalue weighted by Crippen LogP contribution is 2.25. The molecule has 0 amide bonds. The van der Waals surface area contributed by atoms with Crippen LogP contribution in [0.25, 0.3) is 11.0 Å². The quantitative estimate of drug-likeness (QED) is 0.886. The average Bonchev–Trinajstić information content (AvgIpc) is 2.50. The van der Waals surface area contributed by atoms with E-state index >= 15 is 0 Å². The Labute approximate surface area is 130 Å². The average molecular weight is 301 g/mol. The first-order valence-electron chi connectivity index (χ1n) is 7.97. The summed E-state index contributed by atoms with van der Waals surface area (Å²) in [5, 5.41) is 10.6. The zero-order valence-corrected chi connectivity index (χ0v) is 13.3. The Kier molecular flexibility index (Phi) is 4.32. The third-order valence-electron chi connectivity index (χ3n) is 4.78. The second kappa shape index (κ2) is 6.23. The minimum atomic E-state index is -0.302. The maximum atomic E-state index is 11.9. The van der Waals surface area contributed by atoms with Gasteiger partial charge in [0.25, 0.3) is 0 Å². The van der Waals surface area contributed by atoms with E-state index < -0.39 is 0 Å². The van der Waals surface area contributed by atoms with Crippen molar-refractivity contribution in [3.8, 4) is 0 Å². The van der Waals surface area contributed by atoms with Gasteiger partial charge in [-0.25, -0.2) is 4.79 Å². The zero-order chi connectivity index (χ0) is 15.7. The summed E-state index contributed by atoms with van der Waals surface area (Å²) in [6, 6.07) is 5.83. The summed E-state index contributed by atoms with van der Waals surface area (Å²) in [7, 11) is 0. The Balaban J connectivity index is 2.02. The highest BCUT2D eigenvalue weighted by molar-refractivity contribution is 5.81. The van der Waals surface area contributed by atoms with Gasteiger partial charge in [0.15, 0.2) is 0 Å². The van der Waals surface area contributed by atoms with Crippen LogP contribution in [0.4, 0.5) is 0 Å². The fourth-order valence-electron chi connectivity index (χ4n) is 3.31. The van der Waals surface area contributed by atoms with E-state index in [1.165, 1.54) is 5.56 Å². The van der Waals surface area contributed by atoms with Gasteiger partial charge in [-0.3, -0.25) is 4.90 Å². The van der Waals surface area contributed by atoms with Gasteiger partial charge in [0.2, 0.25) is 0 Å². The summed E-state index contributed by atoms with van der Waals surface area (Å²) in [5.74, 6) is 0. The molecule has 1 aromatic carbocycles. The van der Waals surface area contributed by atoms with E-state index in [9.17, 15) is 9.90 Å². The smallest absolute Gasteiger partial charge is 0.336 e. The van der Waals surface area contributed by atoms with E-state index in [1.54, 1.807) is 6.07 Å². The van der Waals surface area contributed by atoms with E-state index in [0.717, 1.165) is 42.3 Å². The molecule has 3 rings (SSSR count). The van der Waals surface area contributed by atoms with Crippen LogP contribution in [0, 0.1) is 13.8 Å². The predicted octanol–water partition coefficient (Wildman–Crippen LogP) is 2.76. The number of aryl methyl sites for hydroxylation is 2. The van der Waals surface area contributed by atoms with Crippen LogP contribution in [0.2, 0.25) is 0 Å². The van der Waals surface area contributed by atoms with Crippen molar-refractivity contribution in [2.45, 2.75) is 45.7 Å². The van der Waals surface area contributed by atoms with Gasteiger partial charge in [-0.1, -0.05) is 6.42 Å². The molecule has 1 aromatic heterocycles. The van der Waals surface area contributed by atoms with Gasteiger partial charge in [-0.15, -0.1) is 0 Å². The second-order valence-corrected chi connectivity index (χ2v) is 6.33. The summed E-state index contributed by atoms with van der Waals surface area (Å²) in [5.41, 5.74) is 3.67. The molecule has 0 aliphatic carbocycles. The minimum Gasteiger partial charge on any atom is -0.423 e. The molecule has 1 atom stereocenters. The van der Waals surface area contributed by atoms with Crippen LogP contribution >= 0.6 is 0 Å². The van der Waals surface area contributed by atoms with Crippen molar-refractivity contribution in [3.05, 3.63) is 45.3 Å². The molecule has 1 N–H and O–H groups in total. The number of fused-ring (bicyclic) bond motifs is 1. The number of benzene rings is 1. The van der Waals surface area contributed by atoms with Gasteiger partial charge >= 0.3 is 5.63 Å². The summed E-state index contributed by atoms with van der Waals surface area (Å²) >= 11 is 0. The lowest BCUT2D eigenvalue weighted by atomic mass is 9.99. The second-order valence-electron chi connectivity index (χ2n) is 6.33. The number of aliphatic hydroxyl groups is 1. The molecule has 4 heteroatoms. The molecule has 0 bridgehead atoms. The SMILES string of the molecule is Cc1cc2oc(=O)cc(CN3CCCCC3CO)c2cc1C. The van der Waals surface area contributed by atoms with Crippen LogP contribution in [0.3, 0.4) is 0 Å². The topological polar surface area (TPSA) is 53.7 Å². The molecule has 0 radical (unpaired) electrons. The molecular formula is C18H23NO3. The summed E-state index contributed by atoms with van der Waals surface area (Å²) < 4.78 is 5.36. The normalized spacial score (nSPS) is 19.7. The van der Waals surface area contributed by atoms with Crippen molar-refractivity contribution >= 4 is 11.0 Å². The Morgan fingerprint density at radius 1 is 1.23 bits per heavy atom. The van der Waals surface area contributed by atoms with Crippen molar-refractivity contribution in [1.82, 2.24) is 4.90 Å². The van der Waals surface area contributed by atoms with Crippen molar-refractivity contribution in [2.75, 3.05) is 13.2 Å². The van der Waals surface area contributed by atoms with Crippen LogP contribution in [0.5, 0.6) is 0 Å². The number of hydrogen-bond acceptors (Lipinski definition) is 4. The number of likely N-dealkylation sites (tertiary alicyclic amines) is 1. The van der Waals surface area contributed by atoms with Gasteiger partial charge in [0.1, 0.15) is 5.58 Å². The predicted molar refractivity (Wildman–Crippen MR) is 87.1 cm³/mol. The van der Waals surface area contributed by atoms with Gasteiger partial charge in [0, 0.05) is 24.0 Å². The van der Waals surface area contributed by atoms with Gasteiger partial charge in [-0.05, 0) is 62.1 Å². The van der Waals surface area contributed by atoms with Crippen LogP contribution in [0.15, 0.2) is 27.4 Å². The third kappa shape index (κ3) is 2.94. The molecule has 4 nitrogen and oxygen atoms in total. The molecule has 2 aromatic rings. The maximum absolute atomic E-state index is 11.9. The number of aliphatic hydroxyl groups excluding tert-OH is 1. The van der Waals surface area contributed by atoms with Crippen molar-refractivity contribution in [1.29, 1.82) is 0 Å². The summed E-state index contributed by atoms with van der Waals surface area (Å²) in [6.07, 6.45) is 3.33. The fourth-order valence-corrected chi connectivity index (χ4v) is 3.31. The number of rotatable bonds is 3. The standard InChI is InChI=1S/C18H23NO3/c1-12-7-16-14(9-18(21)22-17(16)8-13(12)2)10-19-6-4-3-5-15(19)11-20/h7-9,15,20H,3-6,10-11H2,1-2H3. The number of piperidine rings is 1. The van der Waals surface area contributed by atoms with Crippen LogP contribution < -0.4 is 5.63 Å². The minimum absolute atomic E-state index is 0.178. The highest BCUT2D eigenvalue weighted by atomic mass is 16.4. The molecule has 22 heavy (non-hydrogen) atoms. The Morgan fingerprint density at radius 3 is 2.77 bits per heavy atom. The molecule has 1 fully saturated rings. The lowest BCUT2D eigenvalue weighted by Crippen LogP contribution is -2.41. The van der Waals surface area contributed by atoms with Crippen molar-refractivity contribution in [3.63, 3.8) is 0 Å². The van der Waals surface area contributed by atoms with E-state index in [-0.39, 0.29) is 18.3 Å². The first kappa shape index (κ1) is 15.3. The number of nitrogens with zero attached hydrogens (tertiary/aromatic N) is 1. The van der Waals surface area contributed by atoms with Crippen LogP contribution in [-0.4, -0.2) is 29.2 Å². The Hall–Kier alpha value is -1.65. The Bertz CT molecular complexity index is 735. The van der Waals surface area contributed by atoms with Gasteiger partial charge in [0.05, 0.1) is 6.61 Å².